The van der Waals surface area contributed by atoms with Gasteiger partial charge in [-0.1, -0.05) is 310 Å². The molecule has 0 bridgehead atoms. The van der Waals surface area contributed by atoms with Crippen LogP contribution in [0.5, 0.6) is 17.2 Å². The van der Waals surface area contributed by atoms with E-state index in [0.29, 0.717) is 0 Å². The number of hydrogen-bond acceptors (Lipinski definition) is 3. The summed E-state index contributed by atoms with van der Waals surface area (Å²) in [6.07, 6.45) is 72.5. The van der Waals surface area contributed by atoms with Crippen molar-refractivity contribution in [1.29, 1.82) is 0 Å². The Morgan fingerprint density at radius 2 is 0.571 bits per heavy atom. The van der Waals surface area contributed by atoms with Crippen molar-refractivity contribution in [2.75, 3.05) is 19.8 Å². The third-order valence-electron chi connectivity index (χ3n) is 15.0. The largest absolute Gasteiger partial charge is 0.490 e. The zero-order chi connectivity index (χ0) is 49.9. The van der Waals surface area contributed by atoms with Crippen LogP contribution in [0.15, 0.2) is 30.9 Å². The van der Waals surface area contributed by atoms with Crippen LogP contribution in [0, 0.1) is 0 Å². The fourth-order valence-electron chi connectivity index (χ4n) is 10.4. The SMILES string of the molecule is CCCCCCCCCCCCCCCCCCOc1cc(Cn2cc[n+](C)c2)cc(OCCCCCCCCCCCCCCCCCC)c1OCCCCCCCCCCCCCCCCCC. The van der Waals surface area contributed by atoms with Gasteiger partial charge in [-0.05, 0) is 31.4 Å². The van der Waals surface area contributed by atoms with Crippen LogP contribution in [-0.4, -0.2) is 24.4 Å². The lowest BCUT2D eigenvalue weighted by atomic mass is 10.0. The first kappa shape index (κ1) is 63.9. The quantitative estimate of drug-likeness (QED) is 0.0490. The van der Waals surface area contributed by atoms with Crippen LogP contribution >= 0.6 is 0 Å². The fraction of sp³-hybridized carbons (Fsp3) is 0.862. The first-order chi connectivity index (χ1) is 34.7. The average molecular weight is 979 g/mol. The molecule has 0 aliphatic rings. The van der Waals surface area contributed by atoms with E-state index in [1.54, 1.807) is 0 Å². The molecule has 0 aliphatic carbocycles. The predicted octanol–water partition coefficient (Wildman–Crippen LogP) is 21.3. The fourth-order valence-corrected chi connectivity index (χ4v) is 10.4. The molecule has 1 heterocycles. The van der Waals surface area contributed by atoms with Crippen molar-refractivity contribution in [2.45, 2.75) is 336 Å². The van der Waals surface area contributed by atoms with Gasteiger partial charge in [-0.3, -0.25) is 0 Å². The molecule has 0 amide bonds. The number of aryl methyl sites for hydroxylation is 1. The maximum atomic E-state index is 6.70. The molecule has 0 saturated carbocycles. The van der Waals surface area contributed by atoms with Crippen molar-refractivity contribution in [3.63, 3.8) is 0 Å². The van der Waals surface area contributed by atoms with E-state index in [1.807, 2.05) is 0 Å². The summed E-state index contributed by atoms with van der Waals surface area (Å²) < 4.78 is 24.4. The molecule has 0 atom stereocenters. The summed E-state index contributed by atoms with van der Waals surface area (Å²) >= 11 is 0. The molecule has 70 heavy (non-hydrogen) atoms. The highest BCUT2D eigenvalue weighted by Crippen LogP contribution is 2.40. The number of rotatable bonds is 56. The molecule has 0 spiro atoms. The van der Waals surface area contributed by atoms with Gasteiger partial charge in [0.05, 0.1) is 26.9 Å². The number of nitrogens with zero attached hydrogens (tertiary/aromatic N) is 2. The molecule has 408 valence electrons. The lowest BCUT2D eigenvalue weighted by Crippen LogP contribution is -2.23. The first-order valence-corrected chi connectivity index (χ1v) is 31.7. The van der Waals surface area contributed by atoms with E-state index in [9.17, 15) is 0 Å². The minimum Gasteiger partial charge on any atom is -0.490 e. The van der Waals surface area contributed by atoms with Crippen LogP contribution in [0.4, 0.5) is 0 Å². The topological polar surface area (TPSA) is 36.5 Å². The highest BCUT2D eigenvalue weighted by molar-refractivity contribution is 5.54. The molecular weight excluding hydrogens is 857 g/mol. The van der Waals surface area contributed by atoms with Crippen LogP contribution in [-0.2, 0) is 13.6 Å². The summed E-state index contributed by atoms with van der Waals surface area (Å²) in [5.41, 5.74) is 1.20. The lowest BCUT2D eigenvalue weighted by molar-refractivity contribution is -0.671. The Morgan fingerprint density at radius 3 is 0.814 bits per heavy atom. The minimum absolute atomic E-state index is 0.718. The second-order valence-corrected chi connectivity index (χ2v) is 22.1. The molecule has 0 radical (unpaired) electrons. The van der Waals surface area contributed by atoms with Crippen LogP contribution in [0.2, 0.25) is 0 Å². The van der Waals surface area contributed by atoms with Crippen LogP contribution in [0.3, 0.4) is 0 Å². The number of imidazole rings is 1. The van der Waals surface area contributed by atoms with Gasteiger partial charge in [0, 0.05) is 5.56 Å². The highest BCUT2D eigenvalue weighted by atomic mass is 16.5. The Morgan fingerprint density at radius 1 is 0.329 bits per heavy atom. The van der Waals surface area contributed by atoms with Gasteiger partial charge in [-0.2, -0.15) is 0 Å². The van der Waals surface area contributed by atoms with Gasteiger partial charge in [-0.15, -0.1) is 0 Å². The molecule has 5 heteroatoms. The Kier molecular flexibility index (Phi) is 46.0. The Hall–Kier alpha value is -2.17. The maximum Gasteiger partial charge on any atom is 0.243 e. The Bertz CT molecular complexity index is 1300. The van der Waals surface area contributed by atoms with Crippen molar-refractivity contribution in [3.05, 3.63) is 36.4 Å². The third kappa shape index (κ3) is 39.4. The number of benzene rings is 1. The number of ether oxygens (including phenoxy) is 3. The molecule has 2 aromatic rings. The third-order valence-corrected chi connectivity index (χ3v) is 15.0. The van der Waals surface area contributed by atoms with Gasteiger partial charge in [0.15, 0.2) is 11.5 Å². The molecule has 0 aliphatic heterocycles. The molecule has 0 N–H and O–H groups in total. The van der Waals surface area contributed by atoms with Gasteiger partial charge in [0.1, 0.15) is 18.9 Å². The van der Waals surface area contributed by atoms with Crippen molar-refractivity contribution >= 4 is 0 Å². The van der Waals surface area contributed by atoms with Crippen LogP contribution < -0.4 is 18.8 Å². The van der Waals surface area contributed by atoms with E-state index in [2.05, 4.69) is 67.8 Å². The Balaban J connectivity index is 1.82. The van der Waals surface area contributed by atoms with Gasteiger partial charge in [0.2, 0.25) is 12.1 Å². The zero-order valence-corrected chi connectivity index (χ0v) is 47.8. The summed E-state index contributed by atoms with van der Waals surface area (Å²) in [7, 11) is 2.09. The minimum atomic E-state index is 0.718. The number of aromatic nitrogens is 2. The van der Waals surface area contributed by atoms with E-state index in [0.717, 1.165) is 62.9 Å². The van der Waals surface area contributed by atoms with Gasteiger partial charge in [-0.25, -0.2) is 9.13 Å². The Labute approximate surface area is 437 Å². The molecule has 0 saturated heterocycles. The van der Waals surface area contributed by atoms with E-state index < -0.39 is 0 Å². The first-order valence-electron chi connectivity index (χ1n) is 31.7. The summed E-state index contributed by atoms with van der Waals surface area (Å²) in [6, 6.07) is 4.47. The lowest BCUT2D eigenvalue weighted by Gasteiger charge is -2.19. The average Bonchev–Trinajstić information content (AvgIpc) is 3.78. The van der Waals surface area contributed by atoms with Crippen molar-refractivity contribution in [2.24, 2.45) is 7.05 Å². The van der Waals surface area contributed by atoms with Crippen LogP contribution in [0.1, 0.15) is 335 Å². The standard InChI is InChI=1S/C65H121N2O3/c1-5-8-11-14-17-20-23-26-29-32-35-38-41-44-47-50-55-68-63-58-62(60-67-54-53-66(4)61-67)59-64(69-56-51-48-45-42-39-36-33-30-27-24-21-18-15-12-9-6-2)65(63)70-57-52-49-46-43-40-37-34-31-28-25-22-19-16-13-10-7-3/h53-54,58-59,61H,5-52,55-57,60H2,1-4H3/q+1. The number of unbranched alkanes of at least 4 members (excludes halogenated alkanes) is 45. The van der Waals surface area contributed by atoms with Gasteiger partial charge < -0.3 is 14.2 Å². The second-order valence-electron chi connectivity index (χ2n) is 22.1. The van der Waals surface area contributed by atoms with E-state index in [1.165, 1.54) is 295 Å². The summed E-state index contributed by atoms with van der Waals surface area (Å²) in [5.74, 6) is 2.57. The van der Waals surface area contributed by atoms with E-state index in [-0.39, 0.29) is 0 Å². The summed E-state index contributed by atoms with van der Waals surface area (Å²) in [4.78, 5) is 0. The molecular formula is C65H121N2O3+. The molecule has 5 nitrogen and oxygen atoms in total. The van der Waals surface area contributed by atoms with Crippen molar-refractivity contribution < 1.29 is 18.8 Å². The van der Waals surface area contributed by atoms with Crippen LogP contribution in [0.25, 0.3) is 0 Å². The molecule has 0 fully saturated rings. The zero-order valence-electron chi connectivity index (χ0n) is 47.8. The highest BCUT2D eigenvalue weighted by Gasteiger charge is 2.18. The van der Waals surface area contributed by atoms with E-state index >= 15 is 0 Å². The van der Waals surface area contributed by atoms with Crippen molar-refractivity contribution in [1.82, 2.24) is 4.57 Å². The number of hydrogen-bond donors (Lipinski definition) is 0. The molecule has 2 rings (SSSR count). The monoisotopic (exact) mass is 978 g/mol. The maximum absolute atomic E-state index is 6.70. The van der Waals surface area contributed by atoms with Gasteiger partial charge >= 0.3 is 0 Å². The molecule has 1 aromatic carbocycles. The van der Waals surface area contributed by atoms with Crippen molar-refractivity contribution in [3.8, 4) is 17.2 Å². The summed E-state index contributed by atoms with van der Waals surface area (Å²) in [5, 5.41) is 0. The predicted molar refractivity (Wildman–Crippen MR) is 306 cm³/mol. The van der Waals surface area contributed by atoms with E-state index in [4.69, 9.17) is 14.2 Å². The summed E-state index contributed by atoms with van der Waals surface area (Å²) in [6.45, 7) is 9.89. The molecule has 1 aromatic heterocycles. The second kappa shape index (κ2) is 50.4. The normalized spacial score (nSPS) is 11.5. The van der Waals surface area contributed by atoms with Gasteiger partial charge in [0.25, 0.3) is 0 Å². The molecule has 0 unspecified atom stereocenters. The smallest absolute Gasteiger partial charge is 0.243 e.